The van der Waals surface area contributed by atoms with Crippen molar-refractivity contribution in [2.45, 2.75) is 44.2 Å². The van der Waals surface area contributed by atoms with E-state index in [0.29, 0.717) is 31.1 Å². The van der Waals surface area contributed by atoms with E-state index in [1.54, 1.807) is 0 Å². The second kappa shape index (κ2) is 10.00. The van der Waals surface area contributed by atoms with Crippen molar-refractivity contribution in [1.29, 1.82) is 0 Å². The summed E-state index contributed by atoms with van der Waals surface area (Å²) in [5.41, 5.74) is 6.13. The van der Waals surface area contributed by atoms with E-state index in [-0.39, 0.29) is 31.0 Å². The van der Waals surface area contributed by atoms with Gasteiger partial charge < -0.3 is 20.5 Å². The fraction of sp³-hybridized carbons (Fsp3) is 0.632. The number of rotatable bonds is 7. The molecule has 0 spiro atoms. The molecule has 2 aliphatic rings. The van der Waals surface area contributed by atoms with Crippen molar-refractivity contribution in [2.24, 2.45) is 17.6 Å². The van der Waals surface area contributed by atoms with Crippen LogP contribution in [0.2, 0.25) is 0 Å². The molecule has 0 aromatic heterocycles. The summed E-state index contributed by atoms with van der Waals surface area (Å²) in [6, 6.07) is 10.2. The summed E-state index contributed by atoms with van der Waals surface area (Å²) in [6.07, 6.45) is 5.70. The number of hydrogen-bond acceptors (Lipinski definition) is 4. The van der Waals surface area contributed by atoms with Gasteiger partial charge in [-0.25, -0.2) is 0 Å². The molecule has 1 aromatic rings. The molecule has 6 heteroatoms. The summed E-state index contributed by atoms with van der Waals surface area (Å²) in [5.74, 6) is 1.87. The van der Waals surface area contributed by atoms with Gasteiger partial charge in [0.05, 0.1) is 6.61 Å². The first-order valence-electron chi connectivity index (χ1n) is 9.03. The minimum atomic E-state index is -0.0212. The van der Waals surface area contributed by atoms with Crippen LogP contribution in [0.25, 0.3) is 0 Å². The predicted octanol–water partition coefficient (Wildman–Crippen LogP) is 2.53. The molecule has 2 saturated carbocycles. The fourth-order valence-electron chi connectivity index (χ4n) is 4.15. The number of carbonyl (C=O) groups excluding carboxylic acids is 1. The standard InChI is InChI=1S/C19H28N2O3.ClH/c20-16-11-14-5-4-6-15(12-16)19(14)21-18(22)13-23-9-10-24-17-7-2-1-3-8-17;/h1-3,7-8,14-16,19H,4-6,9-13,20H2,(H,21,22);1H. The zero-order chi connectivity index (χ0) is 16.8. The van der Waals surface area contributed by atoms with Crippen molar-refractivity contribution in [2.75, 3.05) is 19.8 Å². The minimum Gasteiger partial charge on any atom is -0.491 e. The molecule has 0 aliphatic heterocycles. The van der Waals surface area contributed by atoms with Gasteiger partial charge >= 0.3 is 0 Å². The SMILES string of the molecule is Cl.NC1CC2CCCC(C1)C2NC(=O)COCCOc1ccccc1. The minimum absolute atomic E-state index is 0. The van der Waals surface area contributed by atoms with Crippen LogP contribution in [0, 0.1) is 11.8 Å². The average Bonchev–Trinajstić information content (AvgIpc) is 2.56. The molecule has 0 radical (unpaired) electrons. The Labute approximate surface area is 156 Å². The number of fused-ring (bicyclic) bond motifs is 2. The van der Waals surface area contributed by atoms with Crippen LogP contribution < -0.4 is 15.8 Å². The van der Waals surface area contributed by atoms with Gasteiger partial charge in [-0.15, -0.1) is 12.4 Å². The van der Waals surface area contributed by atoms with Gasteiger partial charge in [0, 0.05) is 12.1 Å². The van der Waals surface area contributed by atoms with Crippen molar-refractivity contribution in [3.63, 3.8) is 0 Å². The Morgan fingerprint density at radius 1 is 1.12 bits per heavy atom. The Morgan fingerprint density at radius 2 is 1.80 bits per heavy atom. The molecule has 140 valence electrons. The molecule has 2 fully saturated rings. The number of halogens is 1. The molecular formula is C19H29ClN2O3. The highest BCUT2D eigenvalue weighted by Crippen LogP contribution is 2.39. The molecule has 1 aromatic carbocycles. The monoisotopic (exact) mass is 368 g/mol. The van der Waals surface area contributed by atoms with Crippen LogP contribution in [-0.4, -0.2) is 37.8 Å². The molecule has 3 rings (SSSR count). The zero-order valence-electron chi connectivity index (χ0n) is 14.6. The van der Waals surface area contributed by atoms with E-state index in [0.717, 1.165) is 18.6 Å². The molecule has 2 bridgehead atoms. The summed E-state index contributed by atoms with van der Waals surface area (Å²) < 4.78 is 11.0. The molecule has 25 heavy (non-hydrogen) atoms. The average molecular weight is 369 g/mol. The molecule has 2 aliphatic carbocycles. The Hall–Kier alpha value is -1.30. The number of benzene rings is 1. The van der Waals surface area contributed by atoms with Crippen molar-refractivity contribution in [3.8, 4) is 5.75 Å². The van der Waals surface area contributed by atoms with Crippen LogP contribution in [0.3, 0.4) is 0 Å². The lowest BCUT2D eigenvalue weighted by molar-refractivity contribution is -0.128. The van der Waals surface area contributed by atoms with E-state index in [1.807, 2.05) is 30.3 Å². The van der Waals surface area contributed by atoms with Crippen LogP contribution in [0.15, 0.2) is 30.3 Å². The second-order valence-corrected chi connectivity index (χ2v) is 6.99. The van der Waals surface area contributed by atoms with Crippen LogP contribution in [-0.2, 0) is 9.53 Å². The molecule has 2 unspecified atom stereocenters. The molecule has 5 nitrogen and oxygen atoms in total. The van der Waals surface area contributed by atoms with Gasteiger partial charge in [0.1, 0.15) is 19.0 Å². The van der Waals surface area contributed by atoms with Crippen LogP contribution >= 0.6 is 12.4 Å². The Kier molecular flexibility index (Phi) is 8.00. The third-order valence-corrected chi connectivity index (χ3v) is 5.18. The van der Waals surface area contributed by atoms with Crippen molar-refractivity contribution in [3.05, 3.63) is 30.3 Å². The van der Waals surface area contributed by atoms with E-state index in [9.17, 15) is 4.79 Å². The van der Waals surface area contributed by atoms with Crippen molar-refractivity contribution < 1.29 is 14.3 Å². The number of amides is 1. The first kappa shape index (κ1) is 20.0. The normalized spacial score (nSPS) is 27.9. The highest BCUT2D eigenvalue weighted by molar-refractivity contribution is 5.85. The van der Waals surface area contributed by atoms with Gasteiger partial charge in [0.25, 0.3) is 0 Å². The van der Waals surface area contributed by atoms with Gasteiger partial charge in [-0.3, -0.25) is 4.79 Å². The number of nitrogens with one attached hydrogen (secondary N) is 1. The van der Waals surface area contributed by atoms with Gasteiger partial charge in [-0.2, -0.15) is 0 Å². The molecule has 2 atom stereocenters. The first-order valence-corrected chi connectivity index (χ1v) is 9.03. The first-order chi connectivity index (χ1) is 11.7. The fourth-order valence-corrected chi connectivity index (χ4v) is 4.15. The number of para-hydroxylation sites is 1. The second-order valence-electron chi connectivity index (χ2n) is 6.99. The number of carbonyl (C=O) groups is 1. The molecule has 0 heterocycles. The lowest BCUT2D eigenvalue weighted by Crippen LogP contribution is -2.54. The Bertz CT molecular complexity index is 515. The van der Waals surface area contributed by atoms with E-state index in [1.165, 1.54) is 19.3 Å². The largest absolute Gasteiger partial charge is 0.491 e. The molecule has 3 N–H and O–H groups in total. The molecule has 0 saturated heterocycles. The van der Waals surface area contributed by atoms with Gasteiger partial charge in [-0.1, -0.05) is 24.6 Å². The Balaban J connectivity index is 0.00000225. The number of ether oxygens (including phenoxy) is 2. The third kappa shape index (κ3) is 5.87. The maximum Gasteiger partial charge on any atom is 0.246 e. The van der Waals surface area contributed by atoms with Crippen LogP contribution in [0.4, 0.5) is 0 Å². The zero-order valence-corrected chi connectivity index (χ0v) is 15.4. The number of hydrogen-bond donors (Lipinski definition) is 2. The molecular weight excluding hydrogens is 340 g/mol. The number of nitrogens with two attached hydrogens (primary N) is 1. The quantitative estimate of drug-likeness (QED) is 0.725. The van der Waals surface area contributed by atoms with Crippen molar-refractivity contribution in [1.82, 2.24) is 5.32 Å². The smallest absolute Gasteiger partial charge is 0.246 e. The lowest BCUT2D eigenvalue weighted by Gasteiger charge is -2.45. The summed E-state index contributed by atoms with van der Waals surface area (Å²) >= 11 is 0. The maximum absolute atomic E-state index is 12.1. The van der Waals surface area contributed by atoms with Gasteiger partial charge in [0.2, 0.25) is 5.91 Å². The summed E-state index contributed by atoms with van der Waals surface area (Å²) in [7, 11) is 0. The van der Waals surface area contributed by atoms with Crippen molar-refractivity contribution >= 4 is 18.3 Å². The predicted molar refractivity (Wildman–Crippen MR) is 100.0 cm³/mol. The maximum atomic E-state index is 12.1. The van der Waals surface area contributed by atoms with E-state index in [2.05, 4.69) is 5.32 Å². The van der Waals surface area contributed by atoms with E-state index >= 15 is 0 Å². The highest BCUT2D eigenvalue weighted by Gasteiger charge is 2.39. The summed E-state index contributed by atoms with van der Waals surface area (Å²) in [5, 5.41) is 3.19. The summed E-state index contributed by atoms with van der Waals surface area (Å²) in [4.78, 5) is 12.1. The molecule has 1 amide bonds. The van der Waals surface area contributed by atoms with E-state index in [4.69, 9.17) is 15.2 Å². The third-order valence-electron chi connectivity index (χ3n) is 5.18. The highest BCUT2D eigenvalue weighted by atomic mass is 35.5. The lowest BCUT2D eigenvalue weighted by atomic mass is 9.67. The van der Waals surface area contributed by atoms with Crippen LogP contribution in [0.1, 0.15) is 32.1 Å². The van der Waals surface area contributed by atoms with E-state index < -0.39 is 0 Å². The summed E-state index contributed by atoms with van der Waals surface area (Å²) in [6.45, 7) is 0.950. The topological polar surface area (TPSA) is 73.6 Å². The van der Waals surface area contributed by atoms with Crippen LogP contribution in [0.5, 0.6) is 5.75 Å². The van der Waals surface area contributed by atoms with Gasteiger partial charge in [-0.05, 0) is 49.7 Å². The Morgan fingerprint density at radius 3 is 2.48 bits per heavy atom. The van der Waals surface area contributed by atoms with Gasteiger partial charge in [0.15, 0.2) is 0 Å².